The van der Waals surface area contributed by atoms with Crippen LogP contribution in [0.1, 0.15) is 23.2 Å². The second-order valence-corrected chi connectivity index (χ2v) is 6.61. The normalized spacial score (nSPS) is 18.1. The van der Waals surface area contributed by atoms with Gasteiger partial charge in [-0.15, -0.1) is 0 Å². The molecule has 6 nitrogen and oxygen atoms in total. The number of hydrogen-bond donors (Lipinski definition) is 3. The Kier molecular flexibility index (Phi) is 6.01. The van der Waals surface area contributed by atoms with Gasteiger partial charge in [0.05, 0.1) is 28.8 Å². The molecule has 150 valence electrons. The van der Waals surface area contributed by atoms with E-state index in [0.717, 1.165) is 12.1 Å². The van der Waals surface area contributed by atoms with E-state index in [4.69, 9.17) is 0 Å². The number of carboxylic acid groups (broad SMARTS) is 1. The summed E-state index contributed by atoms with van der Waals surface area (Å²) in [7, 11) is 0. The highest BCUT2D eigenvalue weighted by Gasteiger charge is 2.34. The van der Waals surface area contributed by atoms with Crippen molar-refractivity contribution in [2.45, 2.75) is 12.8 Å². The molecule has 0 fully saturated rings. The van der Waals surface area contributed by atoms with Crippen molar-refractivity contribution >= 4 is 29.2 Å². The lowest BCUT2D eigenvalue weighted by Crippen LogP contribution is -2.35. The number of aliphatic carboxylic acids is 1. The number of amides is 2. The zero-order chi connectivity index (χ0) is 21.0. The predicted octanol–water partition coefficient (Wildman–Crippen LogP) is 3.82. The molecule has 0 radical (unpaired) electrons. The Bertz CT molecular complexity index is 990. The highest BCUT2D eigenvalue weighted by Crippen LogP contribution is 2.28. The fraction of sp³-hybridized carbons (Fsp3) is 0.190. The molecule has 3 rings (SSSR count). The maximum Gasteiger partial charge on any atom is 0.307 e. The van der Waals surface area contributed by atoms with Crippen LogP contribution < -0.4 is 10.6 Å². The van der Waals surface area contributed by atoms with Crippen molar-refractivity contribution in [2.75, 3.05) is 10.6 Å². The number of para-hydroxylation sites is 1. The molecule has 8 heteroatoms. The average molecular weight is 400 g/mol. The van der Waals surface area contributed by atoms with Gasteiger partial charge in [0.1, 0.15) is 11.6 Å². The second-order valence-electron chi connectivity index (χ2n) is 6.61. The van der Waals surface area contributed by atoms with Crippen LogP contribution >= 0.6 is 0 Å². The first-order valence-electron chi connectivity index (χ1n) is 8.91. The minimum Gasteiger partial charge on any atom is -0.481 e. The van der Waals surface area contributed by atoms with Crippen LogP contribution in [0.25, 0.3) is 0 Å². The lowest BCUT2D eigenvalue weighted by atomic mass is 9.82. The molecule has 3 N–H and O–H groups in total. The third kappa shape index (κ3) is 4.66. The van der Waals surface area contributed by atoms with E-state index >= 15 is 0 Å². The van der Waals surface area contributed by atoms with E-state index in [1.165, 1.54) is 12.1 Å². The molecule has 0 saturated heterocycles. The fourth-order valence-electron chi connectivity index (χ4n) is 3.17. The quantitative estimate of drug-likeness (QED) is 0.665. The van der Waals surface area contributed by atoms with E-state index in [9.17, 15) is 28.3 Å². The van der Waals surface area contributed by atoms with Crippen molar-refractivity contribution in [3.8, 4) is 0 Å². The van der Waals surface area contributed by atoms with Crippen molar-refractivity contribution in [2.24, 2.45) is 11.8 Å². The molecular formula is C21H18F2N2O4. The Hall–Kier alpha value is -3.55. The summed E-state index contributed by atoms with van der Waals surface area (Å²) in [5.41, 5.74) is 0.0138. The van der Waals surface area contributed by atoms with Crippen LogP contribution in [0, 0.1) is 23.5 Å². The lowest BCUT2D eigenvalue weighted by molar-refractivity contribution is -0.146. The molecule has 0 bridgehead atoms. The molecule has 2 aromatic rings. The summed E-state index contributed by atoms with van der Waals surface area (Å²) in [6, 6.07) is 8.83. The monoisotopic (exact) mass is 400 g/mol. The first-order chi connectivity index (χ1) is 13.9. The number of halogens is 2. The third-order valence-electron chi connectivity index (χ3n) is 4.70. The first kappa shape index (κ1) is 20.2. The molecule has 2 atom stereocenters. The van der Waals surface area contributed by atoms with Gasteiger partial charge in [-0.2, -0.15) is 0 Å². The van der Waals surface area contributed by atoms with Crippen LogP contribution in [0.15, 0.2) is 54.6 Å². The van der Waals surface area contributed by atoms with Gasteiger partial charge in [-0.3, -0.25) is 14.4 Å². The number of carboxylic acids is 1. The molecule has 0 aromatic heterocycles. The van der Waals surface area contributed by atoms with Gasteiger partial charge in [-0.1, -0.05) is 24.3 Å². The fourth-order valence-corrected chi connectivity index (χ4v) is 3.17. The number of anilines is 2. The summed E-state index contributed by atoms with van der Waals surface area (Å²) in [4.78, 5) is 36.7. The summed E-state index contributed by atoms with van der Waals surface area (Å²) in [6.45, 7) is 0. The van der Waals surface area contributed by atoms with Gasteiger partial charge < -0.3 is 15.7 Å². The van der Waals surface area contributed by atoms with Crippen LogP contribution in [0.2, 0.25) is 0 Å². The van der Waals surface area contributed by atoms with E-state index in [-0.39, 0.29) is 29.8 Å². The minimum atomic E-state index is -1.06. The molecular weight excluding hydrogens is 382 g/mol. The van der Waals surface area contributed by atoms with Crippen LogP contribution in [0.5, 0.6) is 0 Å². The number of carbonyl (C=O) groups excluding carboxylic acids is 2. The SMILES string of the molecule is O=C(Nc1ccc(F)cc1F)c1ccccc1NC(=O)[C@@H]1CC=CC[C@H]1C(=O)O. The topological polar surface area (TPSA) is 95.5 Å². The van der Waals surface area contributed by atoms with Crippen LogP contribution in [-0.4, -0.2) is 22.9 Å². The van der Waals surface area contributed by atoms with Crippen LogP contribution in [0.3, 0.4) is 0 Å². The van der Waals surface area contributed by atoms with Crippen molar-refractivity contribution in [3.63, 3.8) is 0 Å². The van der Waals surface area contributed by atoms with Crippen LogP contribution in [0.4, 0.5) is 20.2 Å². The van der Waals surface area contributed by atoms with Crippen molar-refractivity contribution in [3.05, 3.63) is 71.8 Å². The molecule has 2 aromatic carbocycles. The standard InChI is InChI=1S/C21H18F2N2O4/c22-12-9-10-18(16(23)11-12)25-20(27)15-7-3-4-8-17(15)24-19(26)13-5-1-2-6-14(13)21(28)29/h1-4,7-11,13-14H,5-6H2,(H,24,26)(H,25,27)(H,28,29)/t13-,14-/m1/s1. The summed E-state index contributed by atoms with van der Waals surface area (Å²) >= 11 is 0. The second kappa shape index (κ2) is 8.64. The average Bonchev–Trinajstić information content (AvgIpc) is 2.70. The molecule has 0 heterocycles. The van der Waals surface area contributed by atoms with E-state index in [1.54, 1.807) is 24.3 Å². The van der Waals surface area contributed by atoms with E-state index in [0.29, 0.717) is 6.07 Å². The third-order valence-corrected chi connectivity index (χ3v) is 4.70. The zero-order valence-corrected chi connectivity index (χ0v) is 15.2. The largest absolute Gasteiger partial charge is 0.481 e. The number of hydrogen-bond acceptors (Lipinski definition) is 3. The lowest BCUT2D eigenvalue weighted by Gasteiger charge is -2.24. The smallest absolute Gasteiger partial charge is 0.307 e. The Balaban J connectivity index is 1.79. The van der Waals surface area contributed by atoms with Gasteiger partial charge in [-0.25, -0.2) is 8.78 Å². The number of nitrogens with one attached hydrogen (secondary N) is 2. The van der Waals surface area contributed by atoms with Crippen molar-refractivity contribution in [1.29, 1.82) is 0 Å². The summed E-state index contributed by atoms with van der Waals surface area (Å²) in [5, 5.41) is 14.3. The molecule has 0 saturated carbocycles. The van der Waals surface area contributed by atoms with Crippen molar-refractivity contribution in [1.82, 2.24) is 0 Å². The maximum absolute atomic E-state index is 13.8. The highest BCUT2D eigenvalue weighted by molar-refractivity contribution is 6.10. The summed E-state index contributed by atoms with van der Waals surface area (Å²) in [6.07, 6.45) is 4.00. The van der Waals surface area contributed by atoms with Gasteiger partial charge in [-0.05, 0) is 37.1 Å². The summed E-state index contributed by atoms with van der Waals surface area (Å²) < 4.78 is 26.8. The van der Waals surface area contributed by atoms with E-state index < -0.39 is 41.3 Å². The van der Waals surface area contributed by atoms with E-state index in [1.807, 2.05) is 0 Å². The first-order valence-corrected chi connectivity index (χ1v) is 8.91. The molecule has 1 aliphatic carbocycles. The molecule has 1 aliphatic rings. The van der Waals surface area contributed by atoms with Gasteiger partial charge in [0, 0.05) is 6.07 Å². The van der Waals surface area contributed by atoms with Gasteiger partial charge >= 0.3 is 5.97 Å². The molecule has 29 heavy (non-hydrogen) atoms. The zero-order valence-electron chi connectivity index (χ0n) is 15.2. The predicted molar refractivity (Wildman–Crippen MR) is 102 cm³/mol. The Labute approximate surface area is 165 Å². The number of carbonyl (C=O) groups is 3. The summed E-state index contributed by atoms with van der Waals surface area (Å²) in [5.74, 6) is -5.62. The highest BCUT2D eigenvalue weighted by atomic mass is 19.1. The van der Waals surface area contributed by atoms with Gasteiger partial charge in [0.25, 0.3) is 5.91 Å². The minimum absolute atomic E-state index is 0.0581. The Morgan fingerprint density at radius 3 is 2.28 bits per heavy atom. The number of rotatable bonds is 5. The molecule has 2 amide bonds. The Morgan fingerprint density at radius 2 is 1.59 bits per heavy atom. The van der Waals surface area contributed by atoms with E-state index in [2.05, 4.69) is 10.6 Å². The molecule has 0 unspecified atom stereocenters. The molecule has 0 spiro atoms. The van der Waals surface area contributed by atoms with Gasteiger partial charge in [0.15, 0.2) is 0 Å². The van der Waals surface area contributed by atoms with Crippen LogP contribution in [-0.2, 0) is 9.59 Å². The molecule has 0 aliphatic heterocycles. The van der Waals surface area contributed by atoms with Crippen molar-refractivity contribution < 1.29 is 28.3 Å². The number of benzene rings is 2. The maximum atomic E-state index is 13.8. The van der Waals surface area contributed by atoms with Gasteiger partial charge in [0.2, 0.25) is 5.91 Å². The Morgan fingerprint density at radius 1 is 0.897 bits per heavy atom. The number of allylic oxidation sites excluding steroid dienone is 2.